The van der Waals surface area contributed by atoms with E-state index < -0.39 is 0 Å². The van der Waals surface area contributed by atoms with Gasteiger partial charge in [-0.1, -0.05) is 49.1 Å². The van der Waals surface area contributed by atoms with E-state index in [4.69, 9.17) is 11.2 Å². The largest absolute Gasteiger partial charge is 0.390 e. The molecular weight excluding hydrogens is 212 g/mol. The minimum absolute atomic E-state index is 0.120. The lowest BCUT2D eigenvalue weighted by atomic mass is 9.94. The van der Waals surface area contributed by atoms with Gasteiger partial charge in [-0.15, -0.1) is 6.42 Å². The van der Waals surface area contributed by atoms with E-state index in [1.54, 1.807) is 0 Å². The van der Waals surface area contributed by atoms with Crippen LogP contribution in [0.1, 0.15) is 37.4 Å². The monoisotopic (exact) mass is 230 g/mol. The molecule has 1 aromatic carbocycles. The van der Waals surface area contributed by atoms with E-state index in [0.29, 0.717) is 0 Å². The number of hydrogen-bond acceptors (Lipinski definition) is 2. The molecule has 3 atom stereocenters. The fourth-order valence-corrected chi connectivity index (χ4v) is 2.25. The van der Waals surface area contributed by atoms with Crippen LogP contribution in [0.5, 0.6) is 0 Å². The molecule has 0 aromatic heterocycles. The summed E-state index contributed by atoms with van der Waals surface area (Å²) >= 11 is 0. The number of terminal acetylenes is 1. The molecule has 0 amide bonds. The van der Waals surface area contributed by atoms with Gasteiger partial charge in [0.1, 0.15) is 6.10 Å². The Morgan fingerprint density at radius 1 is 1.24 bits per heavy atom. The van der Waals surface area contributed by atoms with Gasteiger partial charge in [-0.25, -0.2) is 0 Å². The third kappa shape index (κ3) is 3.09. The minimum atomic E-state index is -0.372. The number of benzene rings is 1. The summed E-state index contributed by atoms with van der Waals surface area (Å²) in [6, 6.07) is 9.76. The fourth-order valence-electron chi connectivity index (χ4n) is 2.25. The smallest absolute Gasteiger partial charge is 0.143 e. The summed E-state index contributed by atoms with van der Waals surface area (Å²) in [4.78, 5) is 0. The average molecular weight is 230 g/mol. The molecule has 1 fully saturated rings. The molecule has 0 heterocycles. The molecule has 2 nitrogen and oxygen atoms in total. The predicted octanol–water partition coefficient (Wildman–Crippen LogP) is 2.68. The molecule has 1 N–H and O–H groups in total. The summed E-state index contributed by atoms with van der Waals surface area (Å²) in [7, 11) is 0. The lowest BCUT2D eigenvalue weighted by Gasteiger charge is -2.29. The highest BCUT2D eigenvalue weighted by Gasteiger charge is 2.26. The van der Waals surface area contributed by atoms with Crippen LogP contribution >= 0.6 is 0 Å². The van der Waals surface area contributed by atoms with Crippen LogP contribution in [0.4, 0.5) is 0 Å². The first-order chi connectivity index (χ1) is 8.31. The number of ether oxygens (including phenoxy) is 1. The van der Waals surface area contributed by atoms with Crippen molar-refractivity contribution in [3.8, 4) is 12.3 Å². The highest BCUT2D eigenvalue weighted by Crippen LogP contribution is 2.26. The highest BCUT2D eigenvalue weighted by atomic mass is 16.5. The third-order valence-electron chi connectivity index (χ3n) is 3.23. The van der Waals surface area contributed by atoms with E-state index >= 15 is 0 Å². The van der Waals surface area contributed by atoms with Gasteiger partial charge in [-0.3, -0.25) is 0 Å². The molecule has 1 aliphatic carbocycles. The van der Waals surface area contributed by atoms with Gasteiger partial charge in [-0.2, -0.15) is 0 Å². The number of aliphatic hydroxyl groups excluding tert-OH is 1. The van der Waals surface area contributed by atoms with Gasteiger partial charge in [-0.05, 0) is 18.4 Å². The maximum Gasteiger partial charge on any atom is 0.143 e. The zero-order chi connectivity index (χ0) is 12.1. The van der Waals surface area contributed by atoms with Crippen LogP contribution in [0.2, 0.25) is 0 Å². The van der Waals surface area contributed by atoms with Crippen molar-refractivity contribution in [2.24, 2.45) is 0 Å². The highest BCUT2D eigenvalue weighted by molar-refractivity contribution is 5.23. The maximum atomic E-state index is 9.87. The first-order valence-electron chi connectivity index (χ1n) is 6.16. The predicted molar refractivity (Wildman–Crippen MR) is 67.4 cm³/mol. The summed E-state index contributed by atoms with van der Waals surface area (Å²) < 4.78 is 5.85. The van der Waals surface area contributed by atoms with Crippen molar-refractivity contribution in [2.45, 2.75) is 44.0 Å². The molecule has 0 saturated heterocycles. The number of hydrogen-bond donors (Lipinski definition) is 1. The lowest BCUT2D eigenvalue weighted by Crippen LogP contribution is -2.33. The van der Waals surface area contributed by atoms with Crippen LogP contribution in [0.25, 0.3) is 0 Å². The Labute approximate surface area is 103 Å². The first kappa shape index (κ1) is 12.2. The van der Waals surface area contributed by atoms with E-state index in [1.165, 1.54) is 0 Å². The van der Waals surface area contributed by atoms with E-state index in [1.807, 2.05) is 30.3 Å². The van der Waals surface area contributed by atoms with E-state index in [0.717, 1.165) is 31.2 Å². The van der Waals surface area contributed by atoms with Gasteiger partial charge in [0.25, 0.3) is 0 Å². The van der Waals surface area contributed by atoms with Gasteiger partial charge in [0, 0.05) is 0 Å². The molecule has 1 unspecified atom stereocenters. The van der Waals surface area contributed by atoms with Crippen LogP contribution in [0, 0.1) is 12.3 Å². The van der Waals surface area contributed by atoms with Crippen molar-refractivity contribution >= 4 is 0 Å². The van der Waals surface area contributed by atoms with Crippen molar-refractivity contribution in [1.82, 2.24) is 0 Å². The van der Waals surface area contributed by atoms with Crippen LogP contribution in [0.3, 0.4) is 0 Å². The van der Waals surface area contributed by atoms with Crippen molar-refractivity contribution in [2.75, 3.05) is 0 Å². The minimum Gasteiger partial charge on any atom is -0.390 e. The Balaban J connectivity index is 2.03. The number of rotatable bonds is 3. The second-order valence-corrected chi connectivity index (χ2v) is 4.48. The Kier molecular flexibility index (Phi) is 4.19. The van der Waals surface area contributed by atoms with Crippen LogP contribution in [0.15, 0.2) is 30.3 Å². The Morgan fingerprint density at radius 2 is 1.94 bits per heavy atom. The van der Waals surface area contributed by atoms with Crippen LogP contribution in [-0.4, -0.2) is 17.3 Å². The molecule has 2 heteroatoms. The van der Waals surface area contributed by atoms with Gasteiger partial charge in [0.15, 0.2) is 0 Å². The summed E-state index contributed by atoms with van der Waals surface area (Å²) in [5.74, 6) is 2.65. The standard InChI is InChI=1S/C15H18O2/c1-2-14(12-8-4-3-5-9-12)17-15-11-7-6-10-13(15)16/h1,3-5,8-9,13-16H,6-7,10-11H2/t13-,14?,15+/m1/s1. The summed E-state index contributed by atoms with van der Waals surface area (Å²) in [5, 5.41) is 9.87. The zero-order valence-corrected chi connectivity index (χ0v) is 9.88. The summed E-state index contributed by atoms with van der Waals surface area (Å²) in [5.41, 5.74) is 0.979. The fraction of sp³-hybridized carbons (Fsp3) is 0.467. The lowest BCUT2D eigenvalue weighted by molar-refractivity contribution is -0.0784. The molecule has 17 heavy (non-hydrogen) atoms. The average Bonchev–Trinajstić information content (AvgIpc) is 2.39. The van der Waals surface area contributed by atoms with Crippen molar-refractivity contribution in [3.63, 3.8) is 0 Å². The van der Waals surface area contributed by atoms with E-state index in [9.17, 15) is 5.11 Å². The molecule has 0 aliphatic heterocycles. The van der Waals surface area contributed by atoms with Gasteiger partial charge < -0.3 is 9.84 Å². The molecule has 0 radical (unpaired) electrons. The second-order valence-electron chi connectivity index (χ2n) is 4.48. The van der Waals surface area contributed by atoms with Crippen molar-refractivity contribution in [1.29, 1.82) is 0 Å². The third-order valence-corrected chi connectivity index (χ3v) is 3.23. The SMILES string of the molecule is C#CC(O[C@H]1CCCC[C@H]1O)c1ccccc1. The molecule has 1 aliphatic rings. The number of aliphatic hydroxyl groups is 1. The molecule has 1 aromatic rings. The Bertz CT molecular complexity index is 380. The molecule has 0 bridgehead atoms. The van der Waals surface area contributed by atoms with Crippen LogP contribution in [-0.2, 0) is 4.74 Å². The Hall–Kier alpha value is -1.30. The van der Waals surface area contributed by atoms with Crippen molar-refractivity contribution < 1.29 is 9.84 Å². The quantitative estimate of drug-likeness (QED) is 0.809. The Morgan fingerprint density at radius 3 is 2.59 bits per heavy atom. The normalized spacial score (nSPS) is 26.1. The molecule has 1 saturated carbocycles. The van der Waals surface area contributed by atoms with Crippen LogP contribution < -0.4 is 0 Å². The van der Waals surface area contributed by atoms with Gasteiger partial charge in [0.05, 0.1) is 12.2 Å². The molecular formula is C15H18O2. The van der Waals surface area contributed by atoms with E-state index in [2.05, 4.69) is 5.92 Å². The molecule has 90 valence electrons. The summed E-state index contributed by atoms with van der Waals surface area (Å²) in [6.07, 6.45) is 8.56. The van der Waals surface area contributed by atoms with Gasteiger partial charge in [0.2, 0.25) is 0 Å². The van der Waals surface area contributed by atoms with Gasteiger partial charge >= 0.3 is 0 Å². The summed E-state index contributed by atoms with van der Waals surface area (Å²) in [6.45, 7) is 0. The second kappa shape index (κ2) is 5.86. The molecule has 2 rings (SSSR count). The van der Waals surface area contributed by atoms with Crippen molar-refractivity contribution in [3.05, 3.63) is 35.9 Å². The zero-order valence-electron chi connectivity index (χ0n) is 9.88. The topological polar surface area (TPSA) is 29.5 Å². The first-order valence-corrected chi connectivity index (χ1v) is 6.16. The van der Waals surface area contributed by atoms with E-state index in [-0.39, 0.29) is 18.3 Å². The maximum absolute atomic E-state index is 9.87. The molecule has 0 spiro atoms.